The van der Waals surface area contributed by atoms with Crippen LogP contribution in [-0.4, -0.2) is 10.2 Å². The van der Waals surface area contributed by atoms with Gasteiger partial charge in [0.05, 0.1) is 11.4 Å². The summed E-state index contributed by atoms with van der Waals surface area (Å²) in [5.74, 6) is 0.498. The Hall–Kier alpha value is -1.70. The zero-order chi connectivity index (χ0) is 20.0. The van der Waals surface area contributed by atoms with Gasteiger partial charge in [0.1, 0.15) is 0 Å². The average molecular weight is 381 g/mol. The second-order valence-corrected chi connectivity index (χ2v) is 8.31. The molecule has 0 N–H and O–H groups in total. The number of aryl methyl sites for hydroxylation is 1. The summed E-state index contributed by atoms with van der Waals surface area (Å²) in [7, 11) is 0. The van der Waals surface area contributed by atoms with Crippen molar-refractivity contribution in [3.05, 3.63) is 47.7 Å². The van der Waals surface area contributed by atoms with Crippen LogP contribution >= 0.6 is 0 Å². The third-order valence-electron chi connectivity index (χ3n) is 5.75. The van der Waals surface area contributed by atoms with Gasteiger partial charge in [0, 0.05) is 11.5 Å². The highest BCUT2D eigenvalue weighted by Crippen LogP contribution is 2.23. The second-order valence-electron chi connectivity index (χ2n) is 8.31. The standard InChI is InChI=1S/C26H40N2/c1-4-6-8-10-11-13-15-23-16-18-24(19-17-23)26-21-20-25(27-28-26)22(3)14-12-9-7-5-2/h16-22H,4-15H2,1-3H3. The Morgan fingerprint density at radius 2 is 1.32 bits per heavy atom. The third-order valence-corrected chi connectivity index (χ3v) is 5.75. The van der Waals surface area contributed by atoms with Crippen LogP contribution in [0.2, 0.25) is 0 Å². The van der Waals surface area contributed by atoms with Crippen LogP contribution in [0, 0.1) is 0 Å². The van der Waals surface area contributed by atoms with Crippen LogP contribution < -0.4 is 0 Å². The summed E-state index contributed by atoms with van der Waals surface area (Å²) in [4.78, 5) is 0. The van der Waals surface area contributed by atoms with Gasteiger partial charge in [-0.15, -0.1) is 0 Å². The fourth-order valence-electron chi connectivity index (χ4n) is 3.74. The maximum Gasteiger partial charge on any atom is 0.0929 e. The van der Waals surface area contributed by atoms with Gasteiger partial charge in [-0.3, -0.25) is 0 Å². The van der Waals surface area contributed by atoms with Gasteiger partial charge in [-0.25, -0.2) is 0 Å². The Balaban J connectivity index is 1.79. The van der Waals surface area contributed by atoms with Crippen molar-refractivity contribution in [1.29, 1.82) is 0 Å². The molecule has 0 aliphatic carbocycles. The molecule has 154 valence electrons. The number of hydrogen-bond donors (Lipinski definition) is 0. The first kappa shape index (κ1) is 22.6. The first-order chi connectivity index (χ1) is 13.7. The van der Waals surface area contributed by atoms with Gasteiger partial charge in [-0.2, -0.15) is 10.2 Å². The largest absolute Gasteiger partial charge is 0.155 e. The Labute approximate surface area is 173 Å². The summed E-state index contributed by atoms with van der Waals surface area (Å²) < 4.78 is 0. The van der Waals surface area contributed by atoms with Gasteiger partial charge in [-0.1, -0.05) is 103 Å². The van der Waals surface area contributed by atoms with Gasteiger partial charge in [0.25, 0.3) is 0 Å². The highest BCUT2D eigenvalue weighted by molar-refractivity contribution is 5.58. The van der Waals surface area contributed by atoms with Crippen molar-refractivity contribution in [1.82, 2.24) is 10.2 Å². The molecule has 0 radical (unpaired) electrons. The SMILES string of the molecule is CCCCCCCCc1ccc(-c2ccc(C(C)CCCCCC)nn2)cc1. The van der Waals surface area contributed by atoms with E-state index in [0.717, 1.165) is 11.4 Å². The molecule has 2 rings (SSSR count). The van der Waals surface area contributed by atoms with E-state index in [1.165, 1.54) is 88.2 Å². The molecule has 1 aromatic heterocycles. The van der Waals surface area contributed by atoms with E-state index in [2.05, 4.69) is 67.4 Å². The molecule has 1 unspecified atom stereocenters. The Morgan fingerprint density at radius 3 is 1.96 bits per heavy atom. The van der Waals surface area contributed by atoms with Gasteiger partial charge in [-0.05, 0) is 37.0 Å². The van der Waals surface area contributed by atoms with Gasteiger partial charge in [0.15, 0.2) is 0 Å². The molecule has 0 saturated heterocycles. The molecule has 0 saturated carbocycles. The Bertz CT molecular complexity index is 630. The predicted octanol–water partition coefficient (Wildman–Crippen LogP) is 8.12. The molecule has 0 amide bonds. The summed E-state index contributed by atoms with van der Waals surface area (Å²) in [5, 5.41) is 9.01. The average Bonchev–Trinajstić information content (AvgIpc) is 2.74. The van der Waals surface area contributed by atoms with Crippen molar-refractivity contribution < 1.29 is 0 Å². The maximum absolute atomic E-state index is 4.51. The quantitative estimate of drug-likeness (QED) is 0.309. The first-order valence-electron chi connectivity index (χ1n) is 11.7. The topological polar surface area (TPSA) is 25.8 Å². The molecule has 28 heavy (non-hydrogen) atoms. The van der Waals surface area contributed by atoms with Gasteiger partial charge >= 0.3 is 0 Å². The van der Waals surface area contributed by atoms with Crippen LogP contribution in [0.4, 0.5) is 0 Å². The second kappa shape index (κ2) is 13.5. The lowest BCUT2D eigenvalue weighted by Crippen LogP contribution is -2.00. The number of benzene rings is 1. The van der Waals surface area contributed by atoms with E-state index in [0.29, 0.717) is 5.92 Å². The lowest BCUT2D eigenvalue weighted by atomic mass is 9.98. The molecule has 0 spiro atoms. The minimum absolute atomic E-state index is 0.498. The number of aromatic nitrogens is 2. The summed E-state index contributed by atoms with van der Waals surface area (Å²) in [6, 6.07) is 13.2. The summed E-state index contributed by atoms with van der Waals surface area (Å²) in [5.41, 5.74) is 4.71. The summed E-state index contributed by atoms with van der Waals surface area (Å²) in [6.45, 7) is 6.80. The summed E-state index contributed by atoms with van der Waals surface area (Å²) in [6.07, 6.45) is 15.8. The van der Waals surface area contributed by atoms with Crippen LogP contribution in [0.1, 0.15) is 109 Å². The molecule has 1 heterocycles. The number of hydrogen-bond acceptors (Lipinski definition) is 2. The molecule has 2 aromatic rings. The van der Waals surface area contributed by atoms with E-state index in [-0.39, 0.29) is 0 Å². The monoisotopic (exact) mass is 380 g/mol. The highest BCUT2D eigenvalue weighted by atomic mass is 15.1. The van der Waals surface area contributed by atoms with E-state index in [9.17, 15) is 0 Å². The molecule has 1 aromatic carbocycles. The van der Waals surface area contributed by atoms with Crippen LogP contribution in [0.5, 0.6) is 0 Å². The van der Waals surface area contributed by atoms with Crippen molar-refractivity contribution >= 4 is 0 Å². The van der Waals surface area contributed by atoms with Crippen LogP contribution in [0.3, 0.4) is 0 Å². The number of rotatable bonds is 14. The number of unbranched alkanes of at least 4 members (excludes halogenated alkanes) is 8. The maximum atomic E-state index is 4.51. The number of nitrogens with zero attached hydrogens (tertiary/aromatic N) is 2. The van der Waals surface area contributed by atoms with Crippen molar-refractivity contribution in [2.45, 2.75) is 104 Å². The van der Waals surface area contributed by atoms with E-state index >= 15 is 0 Å². The normalized spacial score (nSPS) is 12.2. The zero-order valence-electron chi connectivity index (χ0n) is 18.4. The van der Waals surface area contributed by atoms with Gasteiger partial charge < -0.3 is 0 Å². The third kappa shape index (κ3) is 8.12. The van der Waals surface area contributed by atoms with Crippen LogP contribution in [-0.2, 0) is 6.42 Å². The van der Waals surface area contributed by atoms with Crippen molar-refractivity contribution in [3.63, 3.8) is 0 Å². The smallest absolute Gasteiger partial charge is 0.0929 e. The minimum atomic E-state index is 0.498. The van der Waals surface area contributed by atoms with Crippen LogP contribution in [0.25, 0.3) is 11.3 Å². The molecule has 0 bridgehead atoms. The lowest BCUT2D eigenvalue weighted by molar-refractivity contribution is 0.568. The Morgan fingerprint density at radius 1 is 0.679 bits per heavy atom. The van der Waals surface area contributed by atoms with Gasteiger partial charge in [0.2, 0.25) is 0 Å². The van der Waals surface area contributed by atoms with Crippen molar-refractivity contribution in [2.75, 3.05) is 0 Å². The molecule has 2 nitrogen and oxygen atoms in total. The molecular formula is C26H40N2. The lowest BCUT2D eigenvalue weighted by Gasteiger charge is -2.10. The molecule has 2 heteroatoms. The molecule has 1 atom stereocenters. The van der Waals surface area contributed by atoms with Crippen molar-refractivity contribution in [2.24, 2.45) is 0 Å². The Kier molecular flexibility index (Phi) is 10.9. The molecular weight excluding hydrogens is 340 g/mol. The van der Waals surface area contributed by atoms with Crippen molar-refractivity contribution in [3.8, 4) is 11.3 Å². The van der Waals surface area contributed by atoms with E-state index in [1.54, 1.807) is 0 Å². The molecule has 0 aliphatic rings. The van der Waals surface area contributed by atoms with E-state index in [4.69, 9.17) is 0 Å². The first-order valence-corrected chi connectivity index (χ1v) is 11.7. The minimum Gasteiger partial charge on any atom is -0.155 e. The fourth-order valence-corrected chi connectivity index (χ4v) is 3.74. The summed E-state index contributed by atoms with van der Waals surface area (Å²) >= 11 is 0. The zero-order valence-corrected chi connectivity index (χ0v) is 18.4. The predicted molar refractivity (Wildman–Crippen MR) is 122 cm³/mol. The van der Waals surface area contributed by atoms with E-state index < -0.39 is 0 Å². The fraction of sp³-hybridized carbons (Fsp3) is 0.615. The molecule has 0 fully saturated rings. The van der Waals surface area contributed by atoms with Crippen LogP contribution in [0.15, 0.2) is 36.4 Å². The highest BCUT2D eigenvalue weighted by Gasteiger charge is 2.08. The van der Waals surface area contributed by atoms with E-state index in [1.807, 2.05) is 0 Å². The molecule has 0 aliphatic heterocycles.